The molecule has 142 valence electrons. The molecule has 0 N–H and O–H groups in total. The number of azide groups is 1. The van der Waals surface area contributed by atoms with E-state index in [9.17, 15) is 0 Å². The summed E-state index contributed by atoms with van der Waals surface area (Å²) in [6.45, 7) is 7.38. The summed E-state index contributed by atoms with van der Waals surface area (Å²) in [5.74, 6) is 0. The van der Waals surface area contributed by atoms with Gasteiger partial charge in [-0.15, -0.1) is 0 Å². The van der Waals surface area contributed by atoms with E-state index in [0.717, 1.165) is 0 Å². The van der Waals surface area contributed by atoms with E-state index in [0.29, 0.717) is 9.98 Å². The fourth-order valence-corrected chi connectivity index (χ4v) is 12.2. The number of aromatic nitrogens is 2. The Morgan fingerprint density at radius 2 is 1.77 bits per heavy atom. The van der Waals surface area contributed by atoms with E-state index in [1.807, 2.05) is 23.9 Å². The van der Waals surface area contributed by atoms with Gasteiger partial charge < -0.3 is 0 Å². The molecular formula is C19H31N5SSn. The summed E-state index contributed by atoms with van der Waals surface area (Å²) < 4.78 is 4.26. The van der Waals surface area contributed by atoms with Gasteiger partial charge in [-0.2, -0.15) is 0 Å². The first kappa shape index (κ1) is 21.6. The van der Waals surface area contributed by atoms with E-state index in [4.69, 9.17) is 5.53 Å². The van der Waals surface area contributed by atoms with Crippen LogP contribution in [-0.4, -0.2) is 30.5 Å². The van der Waals surface area contributed by atoms with Gasteiger partial charge in [-0.25, -0.2) is 0 Å². The van der Waals surface area contributed by atoms with Crippen LogP contribution in [0.1, 0.15) is 84.3 Å². The minimum atomic E-state index is -0.818. The molecule has 0 aliphatic rings. The van der Waals surface area contributed by atoms with Gasteiger partial charge in [0.05, 0.1) is 0 Å². The fraction of sp³-hybridized carbons (Fsp3) is 0.737. The van der Waals surface area contributed by atoms with E-state index in [2.05, 4.69) is 40.2 Å². The van der Waals surface area contributed by atoms with Crippen LogP contribution in [0.25, 0.3) is 15.3 Å². The van der Waals surface area contributed by atoms with Crippen LogP contribution in [0.4, 0.5) is 0 Å². The van der Waals surface area contributed by atoms with Gasteiger partial charge in [-0.3, -0.25) is 0 Å². The minimum absolute atomic E-state index is 0.453. The molecule has 0 atom stereocenters. The number of thiazole rings is 1. The number of nitrogens with zero attached hydrogens (tertiary/aromatic N) is 5. The molecule has 0 unspecified atom stereocenters. The Hall–Kier alpha value is -0.721. The summed E-state index contributed by atoms with van der Waals surface area (Å²) in [6.07, 6.45) is 15.8. The second-order valence-electron chi connectivity index (χ2n) is 7.08. The number of unbranched alkanes of at least 4 members (excludes halogenated alkanes) is 3. The Balaban J connectivity index is 2.36. The molecule has 0 spiro atoms. The second-order valence-corrected chi connectivity index (χ2v) is 14.3. The zero-order valence-corrected chi connectivity index (χ0v) is 20.0. The molecule has 0 aromatic carbocycles. The van der Waals surface area contributed by atoms with Gasteiger partial charge in [0.1, 0.15) is 0 Å². The van der Waals surface area contributed by atoms with Crippen molar-refractivity contribution >= 4 is 40.2 Å². The van der Waals surface area contributed by atoms with Crippen LogP contribution in [0.15, 0.2) is 17.6 Å². The van der Waals surface area contributed by atoms with E-state index < -0.39 is 21.1 Å². The van der Waals surface area contributed by atoms with E-state index >= 15 is 0 Å². The van der Waals surface area contributed by atoms with Crippen molar-refractivity contribution in [3.05, 3.63) is 28.7 Å². The summed E-state index contributed by atoms with van der Waals surface area (Å²) in [5, 5.41) is 3.89. The summed E-state index contributed by atoms with van der Waals surface area (Å²) in [7, 11) is 0. The third-order valence-electron chi connectivity index (χ3n) is 5.05. The molecule has 0 bridgehead atoms. The molecule has 26 heavy (non-hydrogen) atoms. The van der Waals surface area contributed by atoms with E-state index in [1.54, 1.807) is 2.89 Å². The van der Waals surface area contributed by atoms with Gasteiger partial charge in [0.25, 0.3) is 0 Å². The summed E-state index contributed by atoms with van der Waals surface area (Å²) in [6, 6.07) is 0. The van der Waals surface area contributed by atoms with Crippen molar-refractivity contribution < 1.29 is 0 Å². The molecule has 0 aliphatic heterocycles. The van der Waals surface area contributed by atoms with Crippen molar-refractivity contribution in [3.8, 4) is 0 Å². The second kappa shape index (κ2) is 11.2. The number of hydrogen-bond acceptors (Lipinski definition) is 3. The summed E-state index contributed by atoms with van der Waals surface area (Å²) in [4.78, 5) is 8.47. The predicted molar refractivity (Wildman–Crippen MR) is 113 cm³/mol. The van der Waals surface area contributed by atoms with Crippen LogP contribution in [0.2, 0.25) is 3.43 Å². The molecule has 0 amide bonds. The maximum absolute atomic E-state index is 8.81. The molecule has 7 heteroatoms. The van der Waals surface area contributed by atoms with Crippen molar-refractivity contribution in [2.75, 3.05) is 0 Å². The quantitative estimate of drug-likeness (QED) is 0.144. The average molecular weight is 480 g/mol. The van der Waals surface area contributed by atoms with Crippen molar-refractivity contribution in [3.63, 3.8) is 0 Å². The number of imidazole rings is 1. The van der Waals surface area contributed by atoms with Gasteiger partial charge in [-0.1, -0.05) is 0 Å². The van der Waals surface area contributed by atoms with Crippen LogP contribution in [0, 0.1) is 0 Å². The van der Waals surface area contributed by atoms with Gasteiger partial charge in [-0.05, 0) is 0 Å². The molecule has 5 nitrogen and oxygen atoms in total. The van der Waals surface area contributed by atoms with Crippen molar-refractivity contribution in [1.29, 1.82) is 0 Å². The molecule has 0 fully saturated rings. The first-order valence-corrected chi connectivity index (χ1v) is 13.6. The Kier molecular flexibility index (Phi) is 9.29. The topological polar surface area (TPSA) is 66.1 Å². The van der Waals surface area contributed by atoms with Gasteiger partial charge in [0, 0.05) is 0 Å². The van der Waals surface area contributed by atoms with E-state index in [-0.39, 0.29) is 0 Å². The van der Waals surface area contributed by atoms with Gasteiger partial charge in [0.2, 0.25) is 0 Å². The van der Waals surface area contributed by atoms with Crippen LogP contribution in [0.5, 0.6) is 0 Å². The zero-order chi connectivity index (χ0) is 18.8. The molecule has 2 aromatic rings. The SMILES string of the molecule is CCCC[C](CCCC)(CCCC)[Sn][c]1sc2cncn2c1CN=[N+]=[N-]. The van der Waals surface area contributed by atoms with Crippen LogP contribution in [-0.2, 0) is 6.54 Å². The molecule has 0 aliphatic carbocycles. The molecule has 2 aromatic heterocycles. The zero-order valence-electron chi connectivity index (χ0n) is 16.4. The van der Waals surface area contributed by atoms with Crippen LogP contribution >= 0.6 is 11.3 Å². The molecular weight excluding hydrogens is 449 g/mol. The standard InChI is InChI=1S/C13H27.C6H4N5S.Sn/c1-4-7-10-13(11-8-5-2)12-9-6-3;7-10-9-1-5-3-12-6-2-8-4-11(5)6;/h4-12H2,1-3H3;2,4H,1H2;. The van der Waals surface area contributed by atoms with Crippen molar-refractivity contribution in [2.45, 2.75) is 88.5 Å². The molecule has 0 saturated heterocycles. The molecule has 0 saturated carbocycles. The first-order valence-electron chi connectivity index (χ1n) is 9.92. The van der Waals surface area contributed by atoms with Crippen LogP contribution in [0.3, 0.4) is 0 Å². The molecule has 2 radical (unpaired) electrons. The van der Waals surface area contributed by atoms with Crippen LogP contribution < -0.4 is 2.89 Å². The van der Waals surface area contributed by atoms with Gasteiger partial charge >= 0.3 is 172 Å². The normalized spacial score (nSPS) is 11.8. The Morgan fingerprint density at radius 1 is 1.15 bits per heavy atom. The maximum atomic E-state index is 8.81. The number of hydrogen-bond donors (Lipinski definition) is 0. The molecule has 2 heterocycles. The average Bonchev–Trinajstić information content (AvgIpc) is 3.22. The Bertz CT molecular complexity index is 695. The number of fused-ring (bicyclic) bond motifs is 1. The Labute approximate surface area is 171 Å². The predicted octanol–water partition coefficient (Wildman–Crippen LogP) is 6.26. The summed E-state index contributed by atoms with van der Waals surface area (Å²) >= 11 is 1.08. The monoisotopic (exact) mass is 481 g/mol. The van der Waals surface area contributed by atoms with Crippen molar-refractivity contribution in [2.24, 2.45) is 5.11 Å². The summed E-state index contributed by atoms with van der Waals surface area (Å²) in [5.41, 5.74) is 10.0. The number of rotatable bonds is 13. The molecule has 2 rings (SSSR count). The third kappa shape index (κ3) is 5.64. The Morgan fingerprint density at radius 3 is 2.31 bits per heavy atom. The van der Waals surface area contributed by atoms with Crippen molar-refractivity contribution in [1.82, 2.24) is 9.38 Å². The van der Waals surface area contributed by atoms with Gasteiger partial charge in [0.15, 0.2) is 0 Å². The first-order chi connectivity index (χ1) is 12.7. The fourth-order valence-electron chi connectivity index (χ4n) is 3.53. The third-order valence-corrected chi connectivity index (χ3v) is 12.7. The van der Waals surface area contributed by atoms with E-state index in [1.165, 1.54) is 68.3 Å².